The van der Waals surface area contributed by atoms with Crippen molar-refractivity contribution in [1.82, 2.24) is 5.32 Å². The maximum absolute atomic E-state index is 12.1. The van der Waals surface area contributed by atoms with Crippen molar-refractivity contribution in [2.45, 2.75) is 43.0 Å². The number of carbonyl (C=O) groups excluding carboxylic acids is 2. The zero-order valence-electron chi connectivity index (χ0n) is 12.9. The van der Waals surface area contributed by atoms with E-state index in [1.165, 1.54) is 5.56 Å². The van der Waals surface area contributed by atoms with Gasteiger partial charge in [0.2, 0.25) is 0 Å². The average Bonchev–Trinajstić information content (AvgIpc) is 3.05. The highest BCUT2D eigenvalue weighted by Gasteiger charge is 2.69. The number of aryl methyl sites for hydroxylation is 1. The predicted molar refractivity (Wildman–Crippen MR) is 88.4 cm³/mol. The zero-order valence-corrected chi connectivity index (χ0v) is 14.4. The standard InChI is InChI=1S/C17H19Cl2NO3/c1-16(10-17(16,18)19)15(22)23-9-14(21)20-13-8-4-6-11-5-2-3-7-12(11)13/h2-3,5,7,13H,4,6,8-10H2,1H3,(H,20,21)/t13-,16-/m0/s1. The highest BCUT2D eigenvalue weighted by atomic mass is 35.5. The van der Waals surface area contributed by atoms with E-state index in [4.69, 9.17) is 27.9 Å². The molecule has 0 bridgehead atoms. The van der Waals surface area contributed by atoms with Crippen molar-refractivity contribution in [3.05, 3.63) is 35.4 Å². The van der Waals surface area contributed by atoms with Gasteiger partial charge < -0.3 is 10.1 Å². The summed E-state index contributed by atoms with van der Waals surface area (Å²) >= 11 is 11.9. The molecule has 2 aliphatic carbocycles. The van der Waals surface area contributed by atoms with Crippen LogP contribution in [-0.2, 0) is 20.7 Å². The third kappa shape index (κ3) is 3.20. The fraction of sp³-hybridized carbons (Fsp3) is 0.529. The largest absolute Gasteiger partial charge is 0.455 e. The zero-order chi connectivity index (χ0) is 16.7. The second kappa shape index (κ2) is 5.99. The molecule has 1 aromatic carbocycles. The molecular formula is C17H19Cl2NO3. The molecule has 3 rings (SSSR count). The van der Waals surface area contributed by atoms with Crippen molar-refractivity contribution in [2.24, 2.45) is 5.41 Å². The maximum Gasteiger partial charge on any atom is 0.315 e. The molecule has 1 amide bonds. The summed E-state index contributed by atoms with van der Waals surface area (Å²) in [7, 11) is 0. The van der Waals surface area contributed by atoms with E-state index in [1.807, 2.05) is 18.2 Å². The molecule has 2 atom stereocenters. The van der Waals surface area contributed by atoms with Crippen molar-refractivity contribution >= 4 is 35.1 Å². The lowest BCUT2D eigenvalue weighted by Crippen LogP contribution is -2.35. The molecule has 0 heterocycles. The first kappa shape index (κ1) is 16.6. The quantitative estimate of drug-likeness (QED) is 0.665. The van der Waals surface area contributed by atoms with E-state index < -0.39 is 15.7 Å². The van der Waals surface area contributed by atoms with Crippen molar-refractivity contribution in [3.63, 3.8) is 0 Å². The minimum absolute atomic E-state index is 0.0252. The van der Waals surface area contributed by atoms with Crippen molar-refractivity contribution < 1.29 is 14.3 Å². The van der Waals surface area contributed by atoms with Gasteiger partial charge in [0.1, 0.15) is 9.75 Å². The molecule has 0 spiro atoms. The van der Waals surface area contributed by atoms with Crippen molar-refractivity contribution in [2.75, 3.05) is 6.61 Å². The lowest BCUT2D eigenvalue weighted by Gasteiger charge is -2.26. The number of amides is 1. The Labute approximate surface area is 145 Å². The Morgan fingerprint density at radius 1 is 1.35 bits per heavy atom. The Morgan fingerprint density at radius 3 is 2.74 bits per heavy atom. The molecule has 1 N–H and O–H groups in total. The average molecular weight is 356 g/mol. The number of rotatable bonds is 4. The van der Waals surface area contributed by atoms with Crippen LogP contribution >= 0.6 is 23.2 Å². The van der Waals surface area contributed by atoms with Crippen LogP contribution < -0.4 is 5.32 Å². The van der Waals surface area contributed by atoms with Crippen molar-refractivity contribution in [3.8, 4) is 0 Å². The molecule has 1 aromatic rings. The highest BCUT2D eigenvalue weighted by Crippen LogP contribution is 2.64. The first-order chi connectivity index (χ1) is 10.8. The van der Waals surface area contributed by atoms with Gasteiger partial charge in [-0.25, -0.2) is 0 Å². The molecule has 0 saturated heterocycles. The van der Waals surface area contributed by atoms with Crippen LogP contribution in [0.5, 0.6) is 0 Å². The summed E-state index contributed by atoms with van der Waals surface area (Å²) in [5.74, 6) is -0.833. The fourth-order valence-electron chi connectivity index (χ4n) is 3.05. The van der Waals surface area contributed by atoms with Crippen LogP contribution in [0.15, 0.2) is 24.3 Å². The number of hydrogen-bond donors (Lipinski definition) is 1. The third-order valence-electron chi connectivity index (χ3n) is 4.75. The molecule has 23 heavy (non-hydrogen) atoms. The van der Waals surface area contributed by atoms with Gasteiger partial charge in [-0.1, -0.05) is 24.3 Å². The van der Waals surface area contributed by atoms with Gasteiger partial charge in [0.25, 0.3) is 5.91 Å². The Morgan fingerprint density at radius 2 is 2.04 bits per heavy atom. The van der Waals surface area contributed by atoms with Crippen LogP contribution in [0, 0.1) is 5.41 Å². The van der Waals surface area contributed by atoms with Gasteiger partial charge in [-0.2, -0.15) is 0 Å². The van der Waals surface area contributed by atoms with Crippen LogP contribution in [0.25, 0.3) is 0 Å². The number of nitrogens with one attached hydrogen (secondary N) is 1. The molecule has 0 aromatic heterocycles. The van der Waals surface area contributed by atoms with E-state index >= 15 is 0 Å². The fourth-order valence-corrected chi connectivity index (χ4v) is 3.74. The van der Waals surface area contributed by atoms with Crippen LogP contribution in [0.3, 0.4) is 0 Å². The van der Waals surface area contributed by atoms with Gasteiger partial charge in [0.05, 0.1) is 6.04 Å². The van der Waals surface area contributed by atoms with Gasteiger partial charge in [0, 0.05) is 6.42 Å². The van der Waals surface area contributed by atoms with E-state index in [2.05, 4.69) is 11.4 Å². The second-order valence-corrected chi connectivity index (χ2v) is 7.98. The summed E-state index contributed by atoms with van der Waals surface area (Å²) in [6, 6.07) is 8.07. The van der Waals surface area contributed by atoms with E-state index in [-0.39, 0.29) is 18.6 Å². The number of halogens is 2. The molecule has 1 fully saturated rings. The monoisotopic (exact) mass is 355 g/mol. The predicted octanol–water partition coefficient (Wildman–Crippen LogP) is 3.31. The Kier molecular flexibility index (Phi) is 4.32. The smallest absolute Gasteiger partial charge is 0.315 e. The molecule has 0 aliphatic heterocycles. The summed E-state index contributed by atoms with van der Waals surface area (Å²) in [5.41, 5.74) is 1.50. The maximum atomic E-state index is 12.1. The molecule has 0 unspecified atom stereocenters. The summed E-state index contributed by atoms with van der Waals surface area (Å²) in [6.07, 6.45) is 3.30. The first-order valence-electron chi connectivity index (χ1n) is 7.76. The lowest BCUT2D eigenvalue weighted by molar-refractivity contribution is -0.153. The molecular weight excluding hydrogens is 337 g/mol. The van der Waals surface area contributed by atoms with E-state index in [9.17, 15) is 9.59 Å². The summed E-state index contributed by atoms with van der Waals surface area (Å²) in [4.78, 5) is 24.0. The highest BCUT2D eigenvalue weighted by molar-refractivity contribution is 6.53. The molecule has 6 heteroatoms. The van der Waals surface area contributed by atoms with Gasteiger partial charge in [-0.15, -0.1) is 23.2 Å². The number of ether oxygens (including phenoxy) is 1. The van der Waals surface area contributed by atoms with Gasteiger partial charge in [-0.3, -0.25) is 9.59 Å². The minimum atomic E-state index is -1.08. The normalized spacial score (nSPS) is 27.7. The number of hydrogen-bond acceptors (Lipinski definition) is 3. The van der Waals surface area contributed by atoms with Gasteiger partial charge in [0.15, 0.2) is 6.61 Å². The Bertz CT molecular complexity index is 646. The number of benzene rings is 1. The summed E-state index contributed by atoms with van der Waals surface area (Å²) < 4.78 is 4.00. The summed E-state index contributed by atoms with van der Waals surface area (Å²) in [5, 5.41) is 2.94. The van der Waals surface area contributed by atoms with Crippen LogP contribution in [0.2, 0.25) is 0 Å². The third-order valence-corrected chi connectivity index (χ3v) is 5.85. The minimum Gasteiger partial charge on any atom is -0.455 e. The second-order valence-electron chi connectivity index (χ2n) is 6.50. The molecule has 1 saturated carbocycles. The molecule has 0 radical (unpaired) electrons. The van der Waals surface area contributed by atoms with Crippen LogP contribution in [0.4, 0.5) is 0 Å². The Balaban J connectivity index is 1.54. The topological polar surface area (TPSA) is 55.4 Å². The Hall–Kier alpha value is -1.26. The number of carbonyl (C=O) groups is 2. The van der Waals surface area contributed by atoms with Gasteiger partial charge >= 0.3 is 5.97 Å². The first-order valence-corrected chi connectivity index (χ1v) is 8.51. The molecule has 4 nitrogen and oxygen atoms in total. The van der Waals surface area contributed by atoms with Crippen LogP contribution in [0.1, 0.15) is 43.4 Å². The lowest BCUT2D eigenvalue weighted by atomic mass is 9.88. The number of esters is 1. The van der Waals surface area contributed by atoms with Crippen LogP contribution in [-0.4, -0.2) is 22.8 Å². The SMILES string of the molecule is C[C@@]1(C(=O)OCC(=O)N[C@H]2CCCc3ccccc32)CC1(Cl)Cl. The number of alkyl halides is 2. The van der Waals surface area contributed by atoms with Gasteiger partial charge in [-0.05, 0) is 37.3 Å². The van der Waals surface area contributed by atoms with Crippen molar-refractivity contribution in [1.29, 1.82) is 0 Å². The number of fused-ring (bicyclic) bond motifs is 1. The summed E-state index contributed by atoms with van der Waals surface area (Å²) in [6.45, 7) is 1.33. The van der Waals surface area contributed by atoms with E-state index in [0.29, 0.717) is 6.42 Å². The van der Waals surface area contributed by atoms with E-state index in [1.54, 1.807) is 6.92 Å². The molecule has 2 aliphatic rings. The van der Waals surface area contributed by atoms with E-state index in [0.717, 1.165) is 24.8 Å². The molecule has 124 valence electrons.